The predicted octanol–water partition coefficient (Wildman–Crippen LogP) is 11.7. The topological polar surface area (TPSA) is 47.1 Å². The number of carbonyl (C=O) groups is 2. The summed E-state index contributed by atoms with van der Waals surface area (Å²) in [7, 11) is 0. The van der Waals surface area contributed by atoms with E-state index in [1.807, 2.05) is 0 Å². The number of nitrogens with zero attached hydrogens (tertiary/aromatic N) is 4. The lowest BCUT2D eigenvalue weighted by atomic mass is 10.1. The van der Waals surface area contributed by atoms with Gasteiger partial charge in [-0.15, -0.1) is 0 Å². The summed E-state index contributed by atoms with van der Waals surface area (Å²) in [6, 6.07) is 16.5. The molecular weight excluding hydrogens is 915 g/mol. The molecule has 0 spiro atoms. The van der Waals surface area contributed by atoms with Crippen LogP contribution in [0.3, 0.4) is 0 Å². The molecule has 4 aromatic carbocycles. The van der Waals surface area contributed by atoms with Crippen LogP contribution in [0.4, 0.5) is 64.1 Å². The van der Waals surface area contributed by atoms with Gasteiger partial charge in [-0.1, -0.05) is 47.5 Å². The fourth-order valence-electron chi connectivity index (χ4n) is 8.33. The zero-order valence-electron chi connectivity index (χ0n) is 33.4. The number of piperazine rings is 2. The summed E-state index contributed by atoms with van der Waals surface area (Å²) in [5.41, 5.74) is -1.66. The van der Waals surface area contributed by atoms with Crippen LogP contribution in [0.5, 0.6) is 0 Å². The molecule has 4 atom stereocenters. The Labute approximate surface area is 369 Å². The molecule has 20 heteroatoms. The number of halogens is 14. The molecule has 8 rings (SSSR count). The number of hydrogen-bond donors (Lipinski definition) is 0. The second-order valence-corrected chi connectivity index (χ2v) is 17.0. The first kappa shape index (κ1) is 47.1. The molecule has 2 heterocycles. The molecule has 2 aliphatic heterocycles. The van der Waals surface area contributed by atoms with Crippen molar-refractivity contribution in [2.24, 2.45) is 11.8 Å². The number of carbonyl (C=O) groups excluding carboxylic acids is 2. The quantitative estimate of drug-likeness (QED) is 0.181. The molecule has 6 nitrogen and oxygen atoms in total. The van der Waals surface area contributed by atoms with E-state index in [1.54, 1.807) is 19.6 Å². The summed E-state index contributed by atoms with van der Waals surface area (Å²) in [4.78, 5) is 32.0. The Morgan fingerprint density at radius 2 is 0.750 bits per heavy atom. The number of rotatable bonds is 6. The van der Waals surface area contributed by atoms with E-state index in [0.29, 0.717) is 24.0 Å². The minimum atomic E-state index is -4.52. The van der Waals surface area contributed by atoms with Gasteiger partial charge in [0.2, 0.25) is 11.8 Å². The molecule has 0 bridgehead atoms. The smallest absolute Gasteiger partial charge is 0.367 e. The molecule has 4 aromatic rings. The number of amides is 2. The van der Waals surface area contributed by atoms with Crippen molar-refractivity contribution in [1.82, 2.24) is 9.80 Å². The summed E-state index contributed by atoms with van der Waals surface area (Å²) < 4.78 is 156. The van der Waals surface area contributed by atoms with Gasteiger partial charge in [-0.05, 0) is 96.5 Å². The van der Waals surface area contributed by atoms with Crippen LogP contribution in [0.25, 0.3) is 0 Å². The van der Waals surface area contributed by atoms with Gasteiger partial charge in [-0.3, -0.25) is 9.59 Å². The average molecular weight is 954 g/mol. The van der Waals surface area contributed by atoms with E-state index in [-0.39, 0.29) is 109 Å². The van der Waals surface area contributed by atoms with Crippen molar-refractivity contribution in [2.75, 3.05) is 62.2 Å². The first-order valence-corrected chi connectivity index (χ1v) is 20.8. The summed E-state index contributed by atoms with van der Waals surface area (Å²) in [6.07, 6.45) is -16.8. The molecule has 0 radical (unpaired) electrons. The SMILES string of the molecule is O=C([C@@H]1C[C@@H]1c1ccc(C(F)(F)F)cc1)N1CCN(c2cc(Cl)ccc2C(F)(F)F)CC1.O=C([C@H]1C[C@H]1c1ccc(C(F)(F)F)cc1)N1CCN(c2cc(Cl)ccc2C(F)(F)F)CC1. The second-order valence-electron chi connectivity index (χ2n) is 16.1. The fraction of sp³-hybridized carbons (Fsp3) is 0.409. The van der Waals surface area contributed by atoms with Crippen LogP contribution < -0.4 is 9.80 Å². The van der Waals surface area contributed by atoms with Gasteiger partial charge in [-0.2, -0.15) is 52.7 Å². The van der Waals surface area contributed by atoms with E-state index in [0.717, 1.165) is 36.4 Å². The lowest BCUT2D eigenvalue weighted by molar-refractivity contribution is -0.138. The van der Waals surface area contributed by atoms with Crippen molar-refractivity contribution in [1.29, 1.82) is 0 Å². The van der Waals surface area contributed by atoms with Crippen molar-refractivity contribution >= 4 is 46.4 Å². The average Bonchev–Trinajstić information content (AvgIpc) is 4.18. The Morgan fingerprint density at radius 3 is 1.03 bits per heavy atom. The summed E-state index contributed by atoms with van der Waals surface area (Å²) in [6.45, 7) is 1.97. The maximum absolute atomic E-state index is 13.4. The van der Waals surface area contributed by atoms with Gasteiger partial charge in [-0.25, -0.2) is 0 Å². The minimum absolute atomic E-state index is 0.00819. The Bertz CT molecular complexity index is 2160. The monoisotopic (exact) mass is 952 g/mol. The zero-order chi connectivity index (χ0) is 46.5. The van der Waals surface area contributed by atoms with E-state index < -0.39 is 47.0 Å². The Morgan fingerprint density at radius 1 is 0.438 bits per heavy atom. The van der Waals surface area contributed by atoms with Crippen LogP contribution in [0.2, 0.25) is 10.0 Å². The molecule has 344 valence electrons. The normalized spacial score (nSPS) is 21.6. The summed E-state index contributed by atoms with van der Waals surface area (Å²) in [5.74, 6) is -1.11. The van der Waals surface area contributed by atoms with Gasteiger partial charge in [0.15, 0.2) is 0 Å². The second kappa shape index (κ2) is 17.9. The highest BCUT2D eigenvalue weighted by Gasteiger charge is 2.48. The van der Waals surface area contributed by atoms with Gasteiger partial charge in [0.05, 0.1) is 33.6 Å². The Balaban J connectivity index is 0.000000191. The van der Waals surface area contributed by atoms with Crippen LogP contribution in [0.1, 0.15) is 58.1 Å². The minimum Gasteiger partial charge on any atom is -0.367 e. The van der Waals surface area contributed by atoms with E-state index in [4.69, 9.17) is 23.2 Å². The van der Waals surface area contributed by atoms with Crippen molar-refractivity contribution in [3.05, 3.63) is 128 Å². The molecule has 0 N–H and O–H groups in total. The van der Waals surface area contributed by atoms with E-state index in [9.17, 15) is 62.3 Å². The van der Waals surface area contributed by atoms with Gasteiger partial charge < -0.3 is 19.6 Å². The molecule has 4 fully saturated rings. The maximum atomic E-state index is 13.4. The molecule has 0 aromatic heterocycles. The maximum Gasteiger partial charge on any atom is 0.418 e. The van der Waals surface area contributed by atoms with E-state index in [1.165, 1.54) is 48.5 Å². The van der Waals surface area contributed by atoms with Crippen LogP contribution in [0.15, 0.2) is 84.9 Å². The number of alkyl halides is 12. The molecule has 0 unspecified atom stereocenters. The molecule has 2 saturated carbocycles. The highest BCUT2D eigenvalue weighted by atomic mass is 35.5. The molecule has 2 aliphatic carbocycles. The van der Waals surface area contributed by atoms with Gasteiger partial charge in [0, 0.05) is 74.2 Å². The van der Waals surface area contributed by atoms with Crippen molar-refractivity contribution in [3.8, 4) is 0 Å². The summed E-state index contributed by atoms with van der Waals surface area (Å²) >= 11 is 11.8. The third kappa shape index (κ3) is 10.8. The number of benzene rings is 4. The molecule has 2 saturated heterocycles. The standard InChI is InChI=1S/2C22H19ClF6N2O/c2*23-15-5-6-18(22(27,28)29)19(11-15)30-7-9-31(10-8-30)20(32)17-12-16(17)13-1-3-14(4-2-13)21(24,25)26/h2*1-6,11,16-17H,7-10,12H2/t2*16-,17-/m10/s1. The van der Waals surface area contributed by atoms with Crippen LogP contribution in [-0.4, -0.2) is 74.0 Å². The third-order valence-corrected chi connectivity index (χ3v) is 12.4. The van der Waals surface area contributed by atoms with Crippen molar-refractivity contribution in [2.45, 2.75) is 49.4 Å². The van der Waals surface area contributed by atoms with Crippen molar-refractivity contribution < 1.29 is 62.3 Å². The van der Waals surface area contributed by atoms with Gasteiger partial charge >= 0.3 is 24.7 Å². The molecule has 4 aliphatic rings. The van der Waals surface area contributed by atoms with Crippen LogP contribution in [0, 0.1) is 11.8 Å². The highest BCUT2D eigenvalue weighted by molar-refractivity contribution is 6.31. The first-order valence-electron chi connectivity index (χ1n) is 20.1. The highest BCUT2D eigenvalue weighted by Crippen LogP contribution is 2.50. The lowest BCUT2D eigenvalue weighted by Crippen LogP contribution is -2.49. The molecular formula is C44H38Cl2F12N4O2. The Hall–Kier alpha value is -4.84. The van der Waals surface area contributed by atoms with E-state index in [2.05, 4.69) is 0 Å². The van der Waals surface area contributed by atoms with Crippen LogP contribution >= 0.6 is 23.2 Å². The lowest BCUT2D eigenvalue weighted by Gasteiger charge is -2.37. The van der Waals surface area contributed by atoms with Gasteiger partial charge in [0.25, 0.3) is 0 Å². The molecule has 2 amide bonds. The van der Waals surface area contributed by atoms with Crippen LogP contribution in [-0.2, 0) is 34.3 Å². The number of anilines is 2. The third-order valence-electron chi connectivity index (χ3n) is 11.9. The summed E-state index contributed by atoms with van der Waals surface area (Å²) in [5, 5.41) is 0.396. The van der Waals surface area contributed by atoms with Gasteiger partial charge in [0.1, 0.15) is 0 Å². The zero-order valence-corrected chi connectivity index (χ0v) is 34.9. The predicted molar refractivity (Wildman–Crippen MR) is 215 cm³/mol. The Kier molecular flexibility index (Phi) is 13.1. The van der Waals surface area contributed by atoms with Crippen molar-refractivity contribution in [3.63, 3.8) is 0 Å². The molecule has 64 heavy (non-hydrogen) atoms. The first-order chi connectivity index (χ1) is 29.9. The largest absolute Gasteiger partial charge is 0.418 e. The fourth-order valence-corrected chi connectivity index (χ4v) is 8.66. The van der Waals surface area contributed by atoms with E-state index >= 15 is 0 Å². The number of hydrogen-bond acceptors (Lipinski definition) is 4.